The van der Waals surface area contributed by atoms with Crippen LogP contribution in [0.1, 0.15) is 27.7 Å². The van der Waals surface area contributed by atoms with Crippen LogP contribution in [0.5, 0.6) is 0 Å². The Morgan fingerprint density at radius 3 is 2.12 bits per heavy atom. The van der Waals surface area contributed by atoms with Crippen LogP contribution >= 0.6 is 0 Å². The van der Waals surface area contributed by atoms with Gasteiger partial charge in [0.15, 0.2) is 0 Å². The van der Waals surface area contributed by atoms with E-state index in [1.54, 1.807) is 7.05 Å². The minimum absolute atomic E-state index is 0.00592. The van der Waals surface area contributed by atoms with Gasteiger partial charge in [0.2, 0.25) is 0 Å². The summed E-state index contributed by atoms with van der Waals surface area (Å²) in [6.07, 6.45) is 0. The Balaban J connectivity index is 3.92. The number of rotatable bonds is 7. The molecule has 0 spiro atoms. The lowest BCUT2D eigenvalue weighted by atomic mass is 10.2. The molecule has 0 fully saturated rings. The molecule has 5 heteroatoms. The monoisotopic (exact) mass is 245 g/mol. The predicted octanol–water partition coefficient (Wildman–Crippen LogP) is 0.739. The van der Waals surface area contributed by atoms with Crippen LogP contribution in [0.4, 0.5) is 4.79 Å². The van der Waals surface area contributed by atoms with Crippen molar-refractivity contribution in [2.45, 2.75) is 39.8 Å². The number of hydrogen-bond acceptors (Lipinski definition) is 3. The number of aliphatic hydroxyl groups excluding tert-OH is 1. The van der Waals surface area contributed by atoms with Gasteiger partial charge in [0.1, 0.15) is 0 Å². The smallest absolute Gasteiger partial charge is 0.317 e. The SMILES string of the molecule is CC(C)N(CCNC(=O)N(C)CCO)C(C)C. The summed E-state index contributed by atoms with van der Waals surface area (Å²) < 4.78 is 0. The third kappa shape index (κ3) is 6.48. The lowest BCUT2D eigenvalue weighted by Gasteiger charge is -2.30. The summed E-state index contributed by atoms with van der Waals surface area (Å²) in [5, 5.41) is 11.6. The number of urea groups is 1. The van der Waals surface area contributed by atoms with E-state index in [-0.39, 0.29) is 12.6 Å². The van der Waals surface area contributed by atoms with Gasteiger partial charge in [0.25, 0.3) is 0 Å². The van der Waals surface area contributed by atoms with E-state index < -0.39 is 0 Å². The van der Waals surface area contributed by atoms with Crippen LogP contribution < -0.4 is 5.32 Å². The van der Waals surface area contributed by atoms with E-state index in [0.29, 0.717) is 25.2 Å². The van der Waals surface area contributed by atoms with E-state index in [0.717, 1.165) is 6.54 Å². The van der Waals surface area contributed by atoms with Crippen molar-refractivity contribution in [3.05, 3.63) is 0 Å². The molecule has 0 aromatic rings. The van der Waals surface area contributed by atoms with Gasteiger partial charge in [0, 0.05) is 38.8 Å². The lowest BCUT2D eigenvalue weighted by molar-refractivity contribution is 0.167. The molecule has 0 rings (SSSR count). The fraction of sp³-hybridized carbons (Fsp3) is 0.917. The number of hydrogen-bond donors (Lipinski definition) is 2. The van der Waals surface area contributed by atoms with Crippen LogP contribution in [-0.4, -0.2) is 66.3 Å². The number of nitrogens with zero attached hydrogens (tertiary/aromatic N) is 2. The van der Waals surface area contributed by atoms with Crippen molar-refractivity contribution in [3.63, 3.8) is 0 Å². The Morgan fingerprint density at radius 1 is 1.18 bits per heavy atom. The Kier molecular flexibility index (Phi) is 7.91. The number of carbonyl (C=O) groups is 1. The summed E-state index contributed by atoms with van der Waals surface area (Å²) in [5.74, 6) is 0. The van der Waals surface area contributed by atoms with Crippen LogP contribution in [0.3, 0.4) is 0 Å². The van der Waals surface area contributed by atoms with Crippen LogP contribution in [0.25, 0.3) is 0 Å². The van der Waals surface area contributed by atoms with Crippen LogP contribution in [-0.2, 0) is 0 Å². The van der Waals surface area contributed by atoms with Crippen molar-refractivity contribution in [1.82, 2.24) is 15.1 Å². The summed E-state index contributed by atoms with van der Waals surface area (Å²) in [6.45, 7) is 10.4. The second-order valence-electron chi connectivity index (χ2n) is 4.80. The zero-order valence-corrected chi connectivity index (χ0v) is 11.7. The lowest BCUT2D eigenvalue weighted by Crippen LogP contribution is -2.45. The number of amides is 2. The van der Waals surface area contributed by atoms with Crippen LogP contribution in [0, 0.1) is 0 Å². The van der Waals surface area contributed by atoms with Gasteiger partial charge in [-0.25, -0.2) is 4.79 Å². The second-order valence-corrected chi connectivity index (χ2v) is 4.80. The Labute approximate surface area is 105 Å². The van der Waals surface area contributed by atoms with Gasteiger partial charge < -0.3 is 15.3 Å². The molecule has 2 amide bonds. The van der Waals surface area contributed by atoms with Gasteiger partial charge in [0.05, 0.1) is 6.61 Å². The maximum absolute atomic E-state index is 11.5. The van der Waals surface area contributed by atoms with Gasteiger partial charge >= 0.3 is 6.03 Å². The fourth-order valence-corrected chi connectivity index (χ4v) is 1.79. The highest BCUT2D eigenvalue weighted by Crippen LogP contribution is 2.03. The molecular formula is C12H27N3O2. The first-order valence-electron chi connectivity index (χ1n) is 6.25. The molecule has 0 bridgehead atoms. The molecule has 2 N–H and O–H groups in total. The summed E-state index contributed by atoms with van der Waals surface area (Å²) in [4.78, 5) is 15.3. The van der Waals surface area contributed by atoms with E-state index in [9.17, 15) is 4.79 Å². The van der Waals surface area contributed by atoms with E-state index in [1.165, 1.54) is 4.90 Å². The molecule has 0 atom stereocenters. The minimum atomic E-state index is -0.133. The van der Waals surface area contributed by atoms with Crippen molar-refractivity contribution >= 4 is 6.03 Å². The van der Waals surface area contributed by atoms with Crippen LogP contribution in [0.15, 0.2) is 0 Å². The molecule has 0 saturated carbocycles. The van der Waals surface area contributed by atoms with Gasteiger partial charge in [-0.1, -0.05) is 0 Å². The summed E-state index contributed by atoms with van der Waals surface area (Å²) in [6, 6.07) is 0.815. The van der Waals surface area contributed by atoms with Crippen molar-refractivity contribution in [2.24, 2.45) is 0 Å². The minimum Gasteiger partial charge on any atom is -0.395 e. The molecular weight excluding hydrogens is 218 g/mol. The number of carbonyl (C=O) groups excluding carboxylic acids is 1. The summed E-state index contributed by atoms with van der Waals surface area (Å²) >= 11 is 0. The molecule has 0 aliphatic heterocycles. The van der Waals surface area contributed by atoms with Crippen LogP contribution in [0.2, 0.25) is 0 Å². The zero-order chi connectivity index (χ0) is 13.4. The van der Waals surface area contributed by atoms with Gasteiger partial charge in [-0.2, -0.15) is 0 Å². The molecule has 5 nitrogen and oxygen atoms in total. The second kappa shape index (κ2) is 8.31. The van der Waals surface area contributed by atoms with E-state index in [1.807, 2.05) is 0 Å². The maximum atomic E-state index is 11.5. The topological polar surface area (TPSA) is 55.8 Å². The highest BCUT2D eigenvalue weighted by molar-refractivity contribution is 5.73. The molecule has 0 radical (unpaired) electrons. The Bertz CT molecular complexity index is 212. The number of likely N-dealkylation sites (N-methyl/N-ethyl adjacent to an activating group) is 1. The molecule has 0 aromatic carbocycles. The van der Waals surface area contributed by atoms with Crippen molar-refractivity contribution in [1.29, 1.82) is 0 Å². The normalized spacial score (nSPS) is 11.4. The maximum Gasteiger partial charge on any atom is 0.317 e. The summed E-state index contributed by atoms with van der Waals surface area (Å²) in [5.41, 5.74) is 0. The highest BCUT2D eigenvalue weighted by atomic mass is 16.3. The quantitative estimate of drug-likeness (QED) is 0.695. The third-order valence-electron chi connectivity index (χ3n) is 2.75. The molecule has 0 aliphatic rings. The molecule has 17 heavy (non-hydrogen) atoms. The van der Waals surface area contributed by atoms with Crippen molar-refractivity contribution < 1.29 is 9.90 Å². The predicted molar refractivity (Wildman–Crippen MR) is 70.1 cm³/mol. The molecule has 0 heterocycles. The first-order valence-corrected chi connectivity index (χ1v) is 6.25. The van der Waals surface area contributed by atoms with Gasteiger partial charge in [-0.15, -0.1) is 0 Å². The van der Waals surface area contributed by atoms with E-state index >= 15 is 0 Å². The van der Waals surface area contributed by atoms with Gasteiger partial charge in [-0.05, 0) is 27.7 Å². The van der Waals surface area contributed by atoms with Gasteiger partial charge in [-0.3, -0.25) is 4.90 Å². The van der Waals surface area contributed by atoms with Crippen molar-refractivity contribution in [2.75, 3.05) is 33.3 Å². The number of nitrogens with one attached hydrogen (secondary N) is 1. The van der Waals surface area contributed by atoms with Crippen molar-refractivity contribution in [3.8, 4) is 0 Å². The highest BCUT2D eigenvalue weighted by Gasteiger charge is 2.13. The molecule has 0 aromatic heterocycles. The fourth-order valence-electron chi connectivity index (χ4n) is 1.79. The molecule has 0 saturated heterocycles. The number of aliphatic hydroxyl groups is 1. The zero-order valence-electron chi connectivity index (χ0n) is 11.7. The first-order chi connectivity index (χ1) is 7.90. The third-order valence-corrected chi connectivity index (χ3v) is 2.75. The summed E-state index contributed by atoms with van der Waals surface area (Å²) in [7, 11) is 1.67. The Hall–Kier alpha value is -0.810. The first kappa shape index (κ1) is 16.2. The standard InChI is InChI=1S/C12H27N3O2/c1-10(2)15(11(3)4)7-6-13-12(17)14(5)8-9-16/h10-11,16H,6-9H2,1-5H3,(H,13,17). The Morgan fingerprint density at radius 2 is 1.71 bits per heavy atom. The molecule has 102 valence electrons. The largest absolute Gasteiger partial charge is 0.395 e. The van der Waals surface area contributed by atoms with E-state index in [4.69, 9.17) is 5.11 Å². The molecule has 0 unspecified atom stereocenters. The van der Waals surface area contributed by atoms with E-state index in [2.05, 4.69) is 37.9 Å². The molecule has 0 aliphatic carbocycles. The average molecular weight is 245 g/mol. The average Bonchev–Trinajstić information content (AvgIpc) is 2.23.